The van der Waals surface area contributed by atoms with E-state index in [0.717, 1.165) is 12.8 Å². The van der Waals surface area contributed by atoms with Crippen LogP contribution in [-0.4, -0.2) is 11.2 Å². The van der Waals surface area contributed by atoms with Gasteiger partial charge in [0, 0.05) is 5.41 Å². The van der Waals surface area contributed by atoms with Gasteiger partial charge in [0.1, 0.15) is 0 Å². The van der Waals surface area contributed by atoms with Crippen LogP contribution in [0.4, 0.5) is 0 Å². The third-order valence-electron chi connectivity index (χ3n) is 3.94. The monoisotopic (exact) mass is 230 g/mol. The fraction of sp³-hybridized carbons (Fsp3) is 0.500. The predicted molar refractivity (Wildman–Crippen MR) is 72.0 cm³/mol. The summed E-state index contributed by atoms with van der Waals surface area (Å²) in [4.78, 5) is 0. The maximum Gasteiger partial charge on any atom is 0.0761 e. The second kappa shape index (κ2) is 4.66. The number of rotatable bonds is 2. The molecule has 1 aliphatic rings. The zero-order valence-electron chi connectivity index (χ0n) is 11.0. The molecule has 2 atom stereocenters. The van der Waals surface area contributed by atoms with Gasteiger partial charge in [-0.25, -0.2) is 0 Å². The first-order valence-electron chi connectivity index (χ1n) is 6.46. The second-order valence-corrected chi connectivity index (χ2v) is 5.74. The molecule has 1 aliphatic carbocycles. The van der Waals surface area contributed by atoms with Crippen molar-refractivity contribution in [3.63, 3.8) is 0 Å². The molecule has 92 valence electrons. The van der Waals surface area contributed by atoms with Crippen molar-refractivity contribution < 1.29 is 5.11 Å². The summed E-state index contributed by atoms with van der Waals surface area (Å²) in [5.74, 6) is 0.598. The Hall–Kier alpha value is -1.08. The average molecular weight is 230 g/mol. The highest BCUT2D eigenvalue weighted by molar-refractivity contribution is 5.37. The molecule has 0 radical (unpaired) electrons. The van der Waals surface area contributed by atoms with E-state index in [1.54, 1.807) is 0 Å². The number of hydrogen-bond acceptors (Lipinski definition) is 1. The zero-order valence-corrected chi connectivity index (χ0v) is 11.0. The summed E-state index contributed by atoms with van der Waals surface area (Å²) in [5, 5.41) is 10.3. The second-order valence-electron chi connectivity index (χ2n) is 5.74. The van der Waals surface area contributed by atoms with Crippen molar-refractivity contribution in [3.05, 3.63) is 47.5 Å². The first-order chi connectivity index (χ1) is 8.01. The van der Waals surface area contributed by atoms with Crippen LogP contribution in [0.1, 0.15) is 39.2 Å². The van der Waals surface area contributed by atoms with E-state index in [-0.39, 0.29) is 11.5 Å². The molecule has 1 N–H and O–H groups in total. The molecule has 0 aliphatic heterocycles. The van der Waals surface area contributed by atoms with E-state index in [1.165, 1.54) is 11.1 Å². The van der Waals surface area contributed by atoms with E-state index in [9.17, 15) is 5.11 Å². The Labute approximate surface area is 104 Å². The lowest BCUT2D eigenvalue weighted by molar-refractivity contribution is 0.155. The van der Waals surface area contributed by atoms with E-state index in [1.807, 2.05) is 6.07 Å². The molecule has 0 spiro atoms. The van der Waals surface area contributed by atoms with Crippen molar-refractivity contribution in [2.45, 2.75) is 45.1 Å². The molecule has 1 aromatic carbocycles. The van der Waals surface area contributed by atoms with Gasteiger partial charge < -0.3 is 5.11 Å². The molecule has 1 aromatic rings. The smallest absolute Gasteiger partial charge is 0.0761 e. The summed E-state index contributed by atoms with van der Waals surface area (Å²) in [5.41, 5.74) is 2.39. The first kappa shape index (κ1) is 12.4. The Morgan fingerprint density at radius 1 is 1.18 bits per heavy atom. The van der Waals surface area contributed by atoms with Gasteiger partial charge in [-0.3, -0.25) is 0 Å². The minimum absolute atomic E-state index is 0.0686. The van der Waals surface area contributed by atoms with Crippen molar-refractivity contribution >= 4 is 0 Å². The molecule has 0 saturated heterocycles. The first-order valence-corrected chi connectivity index (χ1v) is 6.46. The van der Waals surface area contributed by atoms with Crippen LogP contribution in [0.3, 0.4) is 0 Å². The fourth-order valence-corrected chi connectivity index (χ4v) is 2.76. The van der Waals surface area contributed by atoms with Crippen molar-refractivity contribution in [2.75, 3.05) is 0 Å². The molecule has 1 nitrogen and oxygen atoms in total. The van der Waals surface area contributed by atoms with E-state index < -0.39 is 0 Å². The van der Waals surface area contributed by atoms with E-state index in [2.05, 4.69) is 51.1 Å². The quantitative estimate of drug-likeness (QED) is 0.768. The molecule has 0 saturated carbocycles. The molecule has 1 heteroatoms. The number of hydrogen-bond donors (Lipinski definition) is 1. The summed E-state index contributed by atoms with van der Waals surface area (Å²) in [6.45, 7) is 6.60. The highest BCUT2D eigenvalue weighted by atomic mass is 16.3. The van der Waals surface area contributed by atoms with Gasteiger partial charge in [-0.2, -0.15) is 0 Å². The SMILES string of the molecule is C[C@@H]1CC=C(C(C)(C)c2ccccc2)[C@@H](O)C1. The van der Waals surface area contributed by atoms with Crippen LogP contribution in [-0.2, 0) is 5.41 Å². The molecule has 0 heterocycles. The molecular weight excluding hydrogens is 208 g/mol. The van der Waals surface area contributed by atoms with Gasteiger partial charge in [-0.1, -0.05) is 57.2 Å². The maximum atomic E-state index is 10.3. The maximum absolute atomic E-state index is 10.3. The van der Waals surface area contributed by atoms with Crippen LogP contribution >= 0.6 is 0 Å². The topological polar surface area (TPSA) is 20.2 Å². The fourth-order valence-electron chi connectivity index (χ4n) is 2.76. The van der Waals surface area contributed by atoms with Gasteiger partial charge in [0.25, 0.3) is 0 Å². The summed E-state index contributed by atoms with van der Waals surface area (Å²) < 4.78 is 0. The minimum Gasteiger partial charge on any atom is -0.389 e. The summed E-state index contributed by atoms with van der Waals surface area (Å²) in [7, 11) is 0. The molecule has 2 rings (SSSR count). The molecule has 0 unspecified atom stereocenters. The minimum atomic E-state index is -0.283. The molecule has 0 fully saturated rings. The van der Waals surface area contributed by atoms with E-state index in [4.69, 9.17) is 0 Å². The number of aliphatic hydroxyl groups is 1. The zero-order chi connectivity index (χ0) is 12.5. The van der Waals surface area contributed by atoms with Crippen LogP contribution in [0.5, 0.6) is 0 Å². The molecule has 0 bridgehead atoms. The van der Waals surface area contributed by atoms with Crippen LogP contribution in [0.2, 0.25) is 0 Å². The highest BCUT2D eigenvalue weighted by Crippen LogP contribution is 2.38. The summed E-state index contributed by atoms with van der Waals surface area (Å²) in [6.07, 6.45) is 3.94. The molecule has 0 amide bonds. The Balaban J connectivity index is 2.33. The van der Waals surface area contributed by atoms with Crippen molar-refractivity contribution in [3.8, 4) is 0 Å². The standard InChI is InChI=1S/C16H22O/c1-12-9-10-14(15(17)11-12)16(2,3)13-7-5-4-6-8-13/h4-8,10,12,15,17H,9,11H2,1-3H3/t12-,15+/m1/s1. The Bertz CT molecular complexity index is 403. The number of aliphatic hydroxyl groups excluding tert-OH is 1. The number of allylic oxidation sites excluding steroid dienone is 1. The average Bonchev–Trinajstić information content (AvgIpc) is 2.29. The lowest BCUT2D eigenvalue weighted by atomic mass is 9.71. The van der Waals surface area contributed by atoms with Crippen molar-refractivity contribution in [1.29, 1.82) is 0 Å². The molecule has 0 aromatic heterocycles. The molecule has 17 heavy (non-hydrogen) atoms. The highest BCUT2D eigenvalue weighted by Gasteiger charge is 2.32. The van der Waals surface area contributed by atoms with Crippen LogP contribution in [0.25, 0.3) is 0 Å². The van der Waals surface area contributed by atoms with E-state index in [0.29, 0.717) is 5.92 Å². The third kappa shape index (κ3) is 2.44. The Morgan fingerprint density at radius 2 is 1.82 bits per heavy atom. The summed E-state index contributed by atoms with van der Waals surface area (Å²) >= 11 is 0. The third-order valence-corrected chi connectivity index (χ3v) is 3.94. The lowest BCUT2D eigenvalue weighted by Crippen LogP contribution is -2.32. The molecular formula is C16H22O. The van der Waals surface area contributed by atoms with Gasteiger partial charge in [0.15, 0.2) is 0 Å². The van der Waals surface area contributed by atoms with Crippen molar-refractivity contribution in [2.24, 2.45) is 5.92 Å². The normalized spacial score (nSPS) is 25.5. The van der Waals surface area contributed by atoms with Gasteiger partial charge >= 0.3 is 0 Å². The Morgan fingerprint density at radius 3 is 2.41 bits per heavy atom. The predicted octanol–water partition coefficient (Wildman–Crippen LogP) is 3.68. The summed E-state index contributed by atoms with van der Waals surface area (Å²) in [6, 6.07) is 10.5. The largest absolute Gasteiger partial charge is 0.389 e. The Kier molecular flexibility index (Phi) is 3.39. The van der Waals surface area contributed by atoms with Gasteiger partial charge in [-0.15, -0.1) is 0 Å². The van der Waals surface area contributed by atoms with Gasteiger partial charge in [-0.05, 0) is 29.9 Å². The van der Waals surface area contributed by atoms with Gasteiger partial charge in [0.2, 0.25) is 0 Å². The van der Waals surface area contributed by atoms with Crippen LogP contribution in [0.15, 0.2) is 42.0 Å². The van der Waals surface area contributed by atoms with Crippen LogP contribution in [0, 0.1) is 5.92 Å². The van der Waals surface area contributed by atoms with E-state index >= 15 is 0 Å². The number of benzene rings is 1. The lowest BCUT2D eigenvalue weighted by Gasteiger charge is -2.36. The van der Waals surface area contributed by atoms with Crippen molar-refractivity contribution in [1.82, 2.24) is 0 Å². The van der Waals surface area contributed by atoms with Gasteiger partial charge in [0.05, 0.1) is 6.10 Å². The van der Waals surface area contributed by atoms with Crippen LogP contribution < -0.4 is 0 Å².